The molecule has 0 atom stereocenters. The molecule has 0 saturated carbocycles. The number of carbonyl (C=O) groups excluding carboxylic acids is 1. The molecular formula is C10H10O3. The lowest BCUT2D eigenvalue weighted by Gasteiger charge is -2.05. The highest BCUT2D eigenvalue weighted by molar-refractivity contribution is 5.80. The third-order valence-corrected chi connectivity index (χ3v) is 1.55. The van der Waals surface area contributed by atoms with E-state index in [0.29, 0.717) is 23.3 Å². The molecule has 0 aliphatic rings. The van der Waals surface area contributed by atoms with Crippen LogP contribution >= 0.6 is 0 Å². The van der Waals surface area contributed by atoms with Crippen LogP contribution in [0.25, 0.3) is 0 Å². The topological polar surface area (TPSA) is 35.5 Å². The van der Waals surface area contributed by atoms with Crippen LogP contribution in [0.2, 0.25) is 0 Å². The normalized spacial score (nSPS) is 9.00. The summed E-state index contributed by atoms with van der Waals surface area (Å²) in [7, 11) is 1.54. The molecule has 0 radical (unpaired) electrons. The quantitative estimate of drug-likeness (QED) is 0.522. The summed E-state index contributed by atoms with van der Waals surface area (Å²) in [5.74, 6) is 1.10. The van der Waals surface area contributed by atoms with Gasteiger partial charge in [0.15, 0.2) is 6.29 Å². The molecule has 0 N–H and O–H groups in total. The highest BCUT2D eigenvalue weighted by Gasteiger charge is 2.02. The van der Waals surface area contributed by atoms with Gasteiger partial charge in [-0.3, -0.25) is 4.79 Å². The molecule has 0 fully saturated rings. The largest absolute Gasteiger partial charge is 0.497 e. The molecule has 0 heterocycles. The Morgan fingerprint density at radius 3 is 2.77 bits per heavy atom. The minimum absolute atomic E-state index is 0.444. The van der Waals surface area contributed by atoms with Gasteiger partial charge in [-0.1, -0.05) is 6.58 Å². The Balaban J connectivity index is 3.07. The average Bonchev–Trinajstić information content (AvgIpc) is 2.19. The van der Waals surface area contributed by atoms with Crippen molar-refractivity contribution in [2.45, 2.75) is 0 Å². The van der Waals surface area contributed by atoms with Crippen LogP contribution < -0.4 is 9.47 Å². The van der Waals surface area contributed by atoms with Crippen molar-refractivity contribution in [1.82, 2.24) is 0 Å². The molecule has 0 spiro atoms. The van der Waals surface area contributed by atoms with E-state index in [1.165, 1.54) is 13.4 Å². The summed E-state index contributed by atoms with van der Waals surface area (Å²) in [6.45, 7) is 3.40. The van der Waals surface area contributed by atoms with E-state index >= 15 is 0 Å². The van der Waals surface area contributed by atoms with Crippen LogP contribution in [0.4, 0.5) is 0 Å². The Bertz CT molecular complexity index is 318. The van der Waals surface area contributed by atoms with Crippen molar-refractivity contribution in [3.05, 3.63) is 36.6 Å². The standard InChI is InChI=1S/C10H10O3/c1-3-13-10-5-4-9(12-2)6-8(10)7-11/h3-7H,1H2,2H3. The van der Waals surface area contributed by atoms with Crippen molar-refractivity contribution < 1.29 is 14.3 Å². The fourth-order valence-corrected chi connectivity index (χ4v) is 0.943. The first-order valence-electron chi connectivity index (χ1n) is 3.72. The van der Waals surface area contributed by atoms with Gasteiger partial charge in [0.2, 0.25) is 0 Å². The number of benzene rings is 1. The molecule has 1 rings (SSSR count). The highest BCUT2D eigenvalue weighted by atomic mass is 16.5. The van der Waals surface area contributed by atoms with E-state index in [0.717, 1.165) is 0 Å². The summed E-state index contributed by atoms with van der Waals surface area (Å²) in [6.07, 6.45) is 1.98. The smallest absolute Gasteiger partial charge is 0.153 e. The van der Waals surface area contributed by atoms with E-state index in [1.807, 2.05) is 0 Å². The Kier molecular flexibility index (Phi) is 3.09. The number of hydrogen-bond acceptors (Lipinski definition) is 3. The molecule has 68 valence electrons. The van der Waals surface area contributed by atoms with Crippen LogP contribution in [0.5, 0.6) is 11.5 Å². The molecule has 0 aliphatic carbocycles. The second-order valence-corrected chi connectivity index (χ2v) is 2.31. The molecular weight excluding hydrogens is 168 g/mol. The lowest BCUT2D eigenvalue weighted by atomic mass is 10.2. The zero-order chi connectivity index (χ0) is 9.68. The predicted molar refractivity (Wildman–Crippen MR) is 49.2 cm³/mol. The minimum atomic E-state index is 0.444. The van der Waals surface area contributed by atoms with Crippen LogP contribution in [0.1, 0.15) is 10.4 Å². The first-order valence-corrected chi connectivity index (χ1v) is 3.72. The van der Waals surface area contributed by atoms with Crippen LogP contribution in [0, 0.1) is 0 Å². The number of hydrogen-bond donors (Lipinski definition) is 0. The Morgan fingerprint density at radius 2 is 2.23 bits per heavy atom. The Morgan fingerprint density at radius 1 is 1.46 bits per heavy atom. The first kappa shape index (κ1) is 9.32. The molecule has 0 bridgehead atoms. The zero-order valence-electron chi connectivity index (χ0n) is 7.32. The zero-order valence-corrected chi connectivity index (χ0v) is 7.32. The van der Waals surface area contributed by atoms with Crippen molar-refractivity contribution in [1.29, 1.82) is 0 Å². The van der Waals surface area contributed by atoms with Gasteiger partial charge in [-0.15, -0.1) is 0 Å². The van der Waals surface area contributed by atoms with Gasteiger partial charge in [0.1, 0.15) is 11.5 Å². The van der Waals surface area contributed by atoms with Crippen molar-refractivity contribution in [3.8, 4) is 11.5 Å². The van der Waals surface area contributed by atoms with Crippen LogP contribution in [-0.2, 0) is 0 Å². The maximum absolute atomic E-state index is 10.6. The average molecular weight is 178 g/mol. The van der Waals surface area contributed by atoms with E-state index in [2.05, 4.69) is 6.58 Å². The molecule has 3 heteroatoms. The minimum Gasteiger partial charge on any atom is -0.497 e. The van der Waals surface area contributed by atoms with Crippen LogP contribution in [0.15, 0.2) is 31.0 Å². The van der Waals surface area contributed by atoms with Gasteiger partial charge in [0.25, 0.3) is 0 Å². The fraction of sp³-hybridized carbons (Fsp3) is 0.100. The van der Waals surface area contributed by atoms with Gasteiger partial charge < -0.3 is 9.47 Å². The lowest BCUT2D eigenvalue weighted by Crippen LogP contribution is -1.90. The maximum atomic E-state index is 10.6. The molecule has 0 unspecified atom stereocenters. The first-order chi connectivity index (χ1) is 6.31. The third kappa shape index (κ3) is 2.08. The van der Waals surface area contributed by atoms with Crippen LogP contribution in [0.3, 0.4) is 0 Å². The summed E-state index contributed by atoms with van der Waals surface area (Å²) >= 11 is 0. The number of rotatable bonds is 4. The lowest BCUT2D eigenvalue weighted by molar-refractivity contribution is 0.112. The van der Waals surface area contributed by atoms with E-state index in [1.54, 1.807) is 18.2 Å². The predicted octanol–water partition coefficient (Wildman–Crippen LogP) is 2.03. The Hall–Kier alpha value is -1.77. The molecule has 0 aliphatic heterocycles. The van der Waals surface area contributed by atoms with Gasteiger partial charge in [-0.2, -0.15) is 0 Å². The van der Waals surface area contributed by atoms with Gasteiger partial charge in [-0.25, -0.2) is 0 Å². The second-order valence-electron chi connectivity index (χ2n) is 2.31. The molecule has 13 heavy (non-hydrogen) atoms. The van der Waals surface area contributed by atoms with Crippen molar-refractivity contribution in [2.24, 2.45) is 0 Å². The van der Waals surface area contributed by atoms with E-state index in [-0.39, 0.29) is 0 Å². The van der Waals surface area contributed by atoms with Gasteiger partial charge in [-0.05, 0) is 18.2 Å². The van der Waals surface area contributed by atoms with E-state index in [4.69, 9.17) is 9.47 Å². The molecule has 1 aromatic carbocycles. The monoisotopic (exact) mass is 178 g/mol. The van der Waals surface area contributed by atoms with Gasteiger partial charge >= 0.3 is 0 Å². The van der Waals surface area contributed by atoms with E-state index in [9.17, 15) is 4.79 Å². The van der Waals surface area contributed by atoms with E-state index < -0.39 is 0 Å². The molecule has 1 aromatic rings. The van der Waals surface area contributed by atoms with Crippen LogP contribution in [-0.4, -0.2) is 13.4 Å². The fourth-order valence-electron chi connectivity index (χ4n) is 0.943. The summed E-state index contributed by atoms with van der Waals surface area (Å²) < 4.78 is 9.95. The molecule has 3 nitrogen and oxygen atoms in total. The SMILES string of the molecule is C=COc1ccc(OC)cc1C=O. The summed E-state index contributed by atoms with van der Waals surface area (Å²) in [5.41, 5.74) is 0.444. The molecule has 0 aromatic heterocycles. The van der Waals surface area contributed by atoms with Crippen molar-refractivity contribution in [2.75, 3.05) is 7.11 Å². The third-order valence-electron chi connectivity index (χ3n) is 1.55. The van der Waals surface area contributed by atoms with Gasteiger partial charge in [0.05, 0.1) is 18.9 Å². The Labute approximate surface area is 76.6 Å². The van der Waals surface area contributed by atoms with Crippen molar-refractivity contribution >= 4 is 6.29 Å². The molecule has 0 saturated heterocycles. The number of methoxy groups -OCH3 is 1. The summed E-state index contributed by atoms with van der Waals surface area (Å²) in [4.78, 5) is 10.6. The summed E-state index contributed by atoms with van der Waals surface area (Å²) in [5, 5.41) is 0. The highest BCUT2D eigenvalue weighted by Crippen LogP contribution is 2.22. The summed E-state index contributed by atoms with van der Waals surface area (Å²) in [6, 6.07) is 4.97. The number of ether oxygens (including phenoxy) is 2. The number of carbonyl (C=O) groups is 1. The maximum Gasteiger partial charge on any atom is 0.153 e. The van der Waals surface area contributed by atoms with Crippen molar-refractivity contribution in [3.63, 3.8) is 0 Å². The second kappa shape index (κ2) is 4.30. The number of aldehydes is 1. The molecule has 0 amide bonds. The van der Waals surface area contributed by atoms with Gasteiger partial charge in [0, 0.05) is 0 Å².